The molecule has 2 fully saturated rings. The van der Waals surface area contributed by atoms with Crippen molar-refractivity contribution in [2.24, 2.45) is 0 Å². The average Bonchev–Trinajstić information content (AvgIpc) is 2.93. The molecule has 2 saturated heterocycles. The lowest BCUT2D eigenvalue weighted by molar-refractivity contribution is -0.235. The van der Waals surface area contributed by atoms with E-state index in [1.807, 2.05) is 13.8 Å². The van der Waals surface area contributed by atoms with Crippen LogP contribution in [-0.2, 0) is 19.0 Å². The molecule has 2 aliphatic rings. The van der Waals surface area contributed by atoms with Gasteiger partial charge in [-0.3, -0.25) is 4.79 Å². The first-order valence-electron chi connectivity index (χ1n) is 11.0. The van der Waals surface area contributed by atoms with Crippen LogP contribution in [0.15, 0.2) is 45.7 Å². The third kappa shape index (κ3) is 4.69. The Morgan fingerprint density at radius 1 is 1.18 bits per heavy atom. The molecule has 0 saturated carbocycles. The van der Waals surface area contributed by atoms with E-state index in [1.54, 1.807) is 50.3 Å². The van der Waals surface area contributed by atoms with E-state index in [1.165, 1.54) is 20.1 Å². The average molecular weight is 461 g/mol. The van der Waals surface area contributed by atoms with Gasteiger partial charge in [-0.2, -0.15) is 0 Å². The molecule has 0 spiro atoms. The lowest BCUT2D eigenvalue weighted by Crippen LogP contribution is -2.65. The summed E-state index contributed by atoms with van der Waals surface area (Å²) in [7, 11) is 1.50. The number of hydrogen-bond donors (Lipinski definition) is 1. The van der Waals surface area contributed by atoms with Gasteiger partial charge in [0, 0.05) is 12.5 Å². The van der Waals surface area contributed by atoms with Crippen molar-refractivity contribution in [3.63, 3.8) is 0 Å². The third-order valence-corrected chi connectivity index (χ3v) is 6.32. The quantitative estimate of drug-likeness (QED) is 0.489. The van der Waals surface area contributed by atoms with Crippen LogP contribution in [0.4, 0.5) is 0 Å². The Hall–Kier alpha value is -2.68. The van der Waals surface area contributed by atoms with Gasteiger partial charge in [0.25, 0.3) is 0 Å². The number of fused-ring (bicyclic) bond motifs is 2. The number of methoxy groups -OCH3 is 1. The van der Waals surface area contributed by atoms with Gasteiger partial charge in [-0.25, -0.2) is 4.79 Å². The fraction of sp³-hybridized carbons (Fsp3) is 0.520. The first-order valence-corrected chi connectivity index (χ1v) is 11.0. The number of allylic oxidation sites excluding steroid dienone is 4. The molecule has 0 amide bonds. The largest absolute Gasteiger partial charge is 0.496 e. The van der Waals surface area contributed by atoms with E-state index >= 15 is 0 Å². The van der Waals surface area contributed by atoms with Crippen LogP contribution in [0, 0.1) is 6.92 Å². The number of esters is 1. The summed E-state index contributed by atoms with van der Waals surface area (Å²) in [6.07, 6.45) is 8.37. The summed E-state index contributed by atoms with van der Waals surface area (Å²) in [5.74, 6) is 0.435. The molecule has 1 aromatic rings. The van der Waals surface area contributed by atoms with Crippen molar-refractivity contribution < 1.29 is 33.3 Å². The number of carbonyl (C=O) groups excluding carboxylic acids is 1. The molecule has 0 unspecified atom stereocenters. The van der Waals surface area contributed by atoms with Gasteiger partial charge < -0.3 is 28.5 Å². The standard InChI is InChI=1S/C25H32O8/c1-7-20-24(4)23(30-16(3)26)25(5,33-20)22(28)18(32-24)13-11-9-8-10-12-17-15(2)19(29-6)14-21(27)31-17/h8-14,18,20,22-23,28H,7H2,1-6H3/b9-8+,12-10+,13-11+/t18-,20+,22-,23-,24-,25-/m0/s1. The molecule has 2 bridgehead atoms. The SMILES string of the molecule is CC[C@H]1O[C@]2(C)[C@@H](OC(C)=O)[C@@]1(C)O[C@@H](/C=C/C=C/C=C/c1oc(=O)cc(OC)c1C)[C@@H]2O. The van der Waals surface area contributed by atoms with Gasteiger partial charge in [0.2, 0.25) is 0 Å². The molecule has 0 aliphatic carbocycles. The van der Waals surface area contributed by atoms with Gasteiger partial charge in [0.15, 0.2) is 6.10 Å². The minimum atomic E-state index is -1.08. The highest BCUT2D eigenvalue weighted by molar-refractivity contribution is 5.66. The molecule has 0 radical (unpaired) electrons. The molecule has 2 aliphatic heterocycles. The van der Waals surface area contributed by atoms with Gasteiger partial charge in [0.1, 0.15) is 34.9 Å². The van der Waals surface area contributed by atoms with Crippen LogP contribution in [-0.4, -0.2) is 53.8 Å². The second-order valence-electron chi connectivity index (χ2n) is 8.65. The molecule has 1 N–H and O–H groups in total. The third-order valence-electron chi connectivity index (χ3n) is 6.32. The lowest BCUT2D eigenvalue weighted by atomic mass is 9.77. The molecule has 1 aromatic heterocycles. The number of rotatable bonds is 7. The predicted octanol–water partition coefficient (Wildman–Crippen LogP) is 3.10. The molecule has 8 heteroatoms. The summed E-state index contributed by atoms with van der Waals surface area (Å²) in [5.41, 5.74) is -1.73. The molecule has 33 heavy (non-hydrogen) atoms. The van der Waals surface area contributed by atoms with Gasteiger partial charge >= 0.3 is 11.6 Å². The van der Waals surface area contributed by atoms with Crippen LogP contribution in [0.3, 0.4) is 0 Å². The first-order chi connectivity index (χ1) is 15.6. The second kappa shape index (κ2) is 9.67. The van der Waals surface area contributed by atoms with E-state index in [2.05, 4.69) is 0 Å². The Kier molecular flexibility index (Phi) is 7.31. The Morgan fingerprint density at radius 2 is 1.88 bits per heavy atom. The summed E-state index contributed by atoms with van der Waals surface area (Å²) in [6.45, 7) is 8.71. The minimum absolute atomic E-state index is 0.320. The van der Waals surface area contributed by atoms with Crippen LogP contribution in [0.1, 0.15) is 45.4 Å². The van der Waals surface area contributed by atoms with Crippen molar-refractivity contribution in [1.29, 1.82) is 0 Å². The fourth-order valence-corrected chi connectivity index (χ4v) is 4.67. The molecule has 180 valence electrons. The summed E-state index contributed by atoms with van der Waals surface area (Å²) >= 11 is 0. The normalized spacial score (nSPS) is 33.9. The Balaban J connectivity index is 1.73. The number of hydrogen-bond acceptors (Lipinski definition) is 8. The molecular weight excluding hydrogens is 428 g/mol. The van der Waals surface area contributed by atoms with Crippen molar-refractivity contribution in [2.45, 2.75) is 76.7 Å². The molecule has 6 atom stereocenters. The van der Waals surface area contributed by atoms with Crippen molar-refractivity contribution >= 4 is 12.0 Å². The topological polar surface area (TPSA) is 104 Å². The fourth-order valence-electron chi connectivity index (χ4n) is 4.67. The van der Waals surface area contributed by atoms with Crippen molar-refractivity contribution in [3.05, 3.63) is 58.2 Å². The lowest BCUT2D eigenvalue weighted by Gasteiger charge is -2.47. The molecule has 0 aromatic carbocycles. The summed E-state index contributed by atoms with van der Waals surface area (Å²) in [5, 5.41) is 11.0. The zero-order chi connectivity index (χ0) is 24.4. The maximum absolute atomic E-state index is 11.7. The van der Waals surface area contributed by atoms with Crippen molar-refractivity contribution in [1.82, 2.24) is 0 Å². The number of aliphatic hydroxyl groups is 1. The highest BCUT2D eigenvalue weighted by Gasteiger charge is 2.69. The number of aliphatic hydroxyl groups excluding tert-OH is 1. The highest BCUT2D eigenvalue weighted by Crippen LogP contribution is 2.51. The van der Waals surface area contributed by atoms with Crippen LogP contribution < -0.4 is 10.4 Å². The van der Waals surface area contributed by atoms with Crippen LogP contribution >= 0.6 is 0 Å². The second-order valence-corrected chi connectivity index (χ2v) is 8.65. The van der Waals surface area contributed by atoms with E-state index in [9.17, 15) is 14.7 Å². The summed E-state index contributed by atoms with van der Waals surface area (Å²) in [6, 6.07) is 1.30. The maximum Gasteiger partial charge on any atom is 0.339 e. The molecule has 3 rings (SSSR count). The van der Waals surface area contributed by atoms with E-state index in [-0.39, 0.29) is 6.10 Å². The van der Waals surface area contributed by atoms with Crippen molar-refractivity contribution in [2.75, 3.05) is 7.11 Å². The zero-order valence-electron chi connectivity index (χ0n) is 19.9. The predicted molar refractivity (Wildman–Crippen MR) is 122 cm³/mol. The molecule has 8 nitrogen and oxygen atoms in total. The summed E-state index contributed by atoms with van der Waals surface area (Å²) in [4.78, 5) is 23.3. The van der Waals surface area contributed by atoms with Gasteiger partial charge in [0.05, 0.1) is 19.3 Å². The van der Waals surface area contributed by atoms with Crippen LogP contribution in [0.5, 0.6) is 5.75 Å². The molecular formula is C25H32O8. The zero-order valence-corrected chi connectivity index (χ0v) is 19.9. The van der Waals surface area contributed by atoms with Gasteiger partial charge in [-0.15, -0.1) is 0 Å². The highest BCUT2D eigenvalue weighted by atomic mass is 16.7. The van der Waals surface area contributed by atoms with Crippen molar-refractivity contribution in [3.8, 4) is 5.75 Å². The van der Waals surface area contributed by atoms with E-state index < -0.39 is 41.1 Å². The van der Waals surface area contributed by atoms with Crippen LogP contribution in [0.2, 0.25) is 0 Å². The smallest absolute Gasteiger partial charge is 0.339 e. The monoisotopic (exact) mass is 460 g/mol. The van der Waals surface area contributed by atoms with E-state index in [0.29, 0.717) is 17.9 Å². The Morgan fingerprint density at radius 3 is 2.52 bits per heavy atom. The number of carbonyl (C=O) groups is 1. The van der Waals surface area contributed by atoms with Crippen LogP contribution in [0.25, 0.3) is 6.08 Å². The number of ether oxygens (including phenoxy) is 4. The van der Waals surface area contributed by atoms with E-state index in [4.69, 9.17) is 23.4 Å². The summed E-state index contributed by atoms with van der Waals surface area (Å²) < 4.78 is 28.3. The van der Waals surface area contributed by atoms with E-state index in [0.717, 1.165) is 5.56 Å². The Bertz CT molecular complexity index is 1020. The minimum Gasteiger partial charge on any atom is -0.496 e. The van der Waals surface area contributed by atoms with Gasteiger partial charge in [-0.05, 0) is 33.3 Å². The van der Waals surface area contributed by atoms with Gasteiger partial charge in [-0.1, -0.05) is 37.3 Å². The molecule has 3 heterocycles. The first kappa shape index (κ1) is 25.0. The maximum atomic E-state index is 11.7. The Labute approximate surface area is 193 Å².